The van der Waals surface area contributed by atoms with Crippen molar-refractivity contribution in [2.45, 2.75) is 0 Å². The van der Waals surface area contributed by atoms with E-state index in [2.05, 4.69) is 20.1 Å². The quantitative estimate of drug-likeness (QED) is 0.713. The highest BCUT2D eigenvalue weighted by molar-refractivity contribution is 5.59. The summed E-state index contributed by atoms with van der Waals surface area (Å²) in [4.78, 5) is 12.4. The van der Waals surface area contributed by atoms with E-state index < -0.39 is 0 Å². The molecule has 0 fully saturated rings. The third-order valence-corrected chi connectivity index (χ3v) is 2.54. The molecule has 0 spiro atoms. The Balaban J connectivity index is 1.97. The summed E-state index contributed by atoms with van der Waals surface area (Å²) in [6.07, 6.45) is 4.99. The molecule has 6 nitrogen and oxygen atoms in total. The molecular formula is C13H10N4O2. The predicted molar refractivity (Wildman–Crippen MR) is 67.3 cm³/mol. The van der Waals surface area contributed by atoms with Crippen molar-refractivity contribution in [1.82, 2.24) is 20.1 Å². The van der Waals surface area contributed by atoms with Crippen LogP contribution in [0.15, 0.2) is 47.4 Å². The summed E-state index contributed by atoms with van der Waals surface area (Å²) >= 11 is 0. The summed E-state index contributed by atoms with van der Waals surface area (Å²) in [6.45, 7) is 0. The Morgan fingerprint density at radius 3 is 2.89 bits per heavy atom. The van der Waals surface area contributed by atoms with Crippen LogP contribution in [0.5, 0.6) is 5.88 Å². The molecular weight excluding hydrogens is 244 g/mol. The molecule has 3 aromatic heterocycles. The standard InChI is InChI=1S/C13H10N4O2/c1-18-11-7-9(4-6-15-11)12-16-13(19-17-12)10-3-2-5-14-8-10/h2-8H,1H3. The summed E-state index contributed by atoms with van der Waals surface area (Å²) in [7, 11) is 1.56. The molecule has 3 heterocycles. The minimum atomic E-state index is 0.430. The zero-order valence-corrected chi connectivity index (χ0v) is 10.1. The maximum Gasteiger partial charge on any atom is 0.259 e. The van der Waals surface area contributed by atoms with E-state index in [1.165, 1.54) is 0 Å². The van der Waals surface area contributed by atoms with Gasteiger partial charge in [-0.1, -0.05) is 5.16 Å². The molecule has 0 aromatic carbocycles. The molecule has 0 radical (unpaired) electrons. The zero-order chi connectivity index (χ0) is 13.1. The van der Waals surface area contributed by atoms with Crippen molar-refractivity contribution < 1.29 is 9.26 Å². The van der Waals surface area contributed by atoms with Gasteiger partial charge in [0, 0.05) is 30.2 Å². The maximum atomic E-state index is 5.22. The normalized spacial score (nSPS) is 10.4. The third-order valence-electron chi connectivity index (χ3n) is 2.54. The predicted octanol–water partition coefficient (Wildman–Crippen LogP) is 2.20. The van der Waals surface area contributed by atoms with Crippen LogP contribution in [0.3, 0.4) is 0 Å². The number of ether oxygens (including phenoxy) is 1. The highest BCUT2D eigenvalue weighted by atomic mass is 16.5. The molecule has 0 bridgehead atoms. The van der Waals surface area contributed by atoms with Crippen LogP contribution in [-0.4, -0.2) is 27.2 Å². The number of nitrogens with zero attached hydrogens (tertiary/aromatic N) is 4. The molecule has 0 unspecified atom stereocenters. The first-order chi connectivity index (χ1) is 9.36. The molecule has 19 heavy (non-hydrogen) atoms. The van der Waals surface area contributed by atoms with Crippen LogP contribution in [0.1, 0.15) is 0 Å². The molecule has 0 aliphatic rings. The summed E-state index contributed by atoms with van der Waals surface area (Å²) in [5.41, 5.74) is 1.56. The number of rotatable bonds is 3. The molecule has 0 amide bonds. The molecule has 3 aromatic rings. The largest absolute Gasteiger partial charge is 0.481 e. The smallest absolute Gasteiger partial charge is 0.259 e. The highest BCUT2D eigenvalue weighted by Crippen LogP contribution is 2.22. The molecule has 0 aliphatic heterocycles. The van der Waals surface area contributed by atoms with E-state index >= 15 is 0 Å². The zero-order valence-electron chi connectivity index (χ0n) is 10.1. The van der Waals surface area contributed by atoms with Gasteiger partial charge in [-0.15, -0.1) is 0 Å². The lowest BCUT2D eigenvalue weighted by atomic mass is 10.2. The van der Waals surface area contributed by atoms with Crippen molar-refractivity contribution in [3.63, 3.8) is 0 Å². The SMILES string of the molecule is COc1cc(-c2noc(-c3cccnc3)n2)ccn1. The first-order valence-corrected chi connectivity index (χ1v) is 5.61. The van der Waals surface area contributed by atoms with Gasteiger partial charge < -0.3 is 9.26 Å². The molecule has 0 N–H and O–H groups in total. The topological polar surface area (TPSA) is 73.9 Å². The minimum Gasteiger partial charge on any atom is -0.481 e. The average molecular weight is 254 g/mol. The lowest BCUT2D eigenvalue weighted by Gasteiger charge is -1.98. The van der Waals surface area contributed by atoms with Gasteiger partial charge >= 0.3 is 0 Å². The fourth-order valence-electron chi connectivity index (χ4n) is 1.61. The van der Waals surface area contributed by atoms with E-state index in [4.69, 9.17) is 9.26 Å². The van der Waals surface area contributed by atoms with Crippen molar-refractivity contribution in [3.05, 3.63) is 42.9 Å². The first-order valence-electron chi connectivity index (χ1n) is 5.61. The Bertz CT molecular complexity index is 682. The van der Waals surface area contributed by atoms with Gasteiger partial charge in [0.2, 0.25) is 11.7 Å². The Hall–Kier alpha value is -2.76. The van der Waals surface area contributed by atoms with Crippen LogP contribution < -0.4 is 4.74 Å². The Labute approximate surface area is 109 Å². The van der Waals surface area contributed by atoms with E-state index in [0.717, 1.165) is 11.1 Å². The monoisotopic (exact) mass is 254 g/mol. The fourth-order valence-corrected chi connectivity index (χ4v) is 1.61. The van der Waals surface area contributed by atoms with E-state index in [0.29, 0.717) is 17.6 Å². The van der Waals surface area contributed by atoms with Crippen molar-refractivity contribution in [1.29, 1.82) is 0 Å². The lowest BCUT2D eigenvalue weighted by Crippen LogP contribution is -1.88. The van der Waals surface area contributed by atoms with Crippen molar-refractivity contribution >= 4 is 0 Å². The number of methoxy groups -OCH3 is 1. The van der Waals surface area contributed by atoms with Gasteiger partial charge in [-0.05, 0) is 18.2 Å². The summed E-state index contributed by atoms with van der Waals surface area (Å²) in [5.74, 6) is 1.42. The van der Waals surface area contributed by atoms with Crippen molar-refractivity contribution in [2.24, 2.45) is 0 Å². The molecule has 3 rings (SSSR count). The van der Waals surface area contributed by atoms with Crippen molar-refractivity contribution in [2.75, 3.05) is 7.11 Å². The molecule has 6 heteroatoms. The van der Waals surface area contributed by atoms with Crippen LogP contribution in [0.4, 0.5) is 0 Å². The second-order valence-corrected chi connectivity index (χ2v) is 3.75. The van der Waals surface area contributed by atoms with Crippen LogP contribution in [0.2, 0.25) is 0 Å². The minimum absolute atomic E-state index is 0.430. The molecule has 94 valence electrons. The number of pyridine rings is 2. The van der Waals surface area contributed by atoms with Gasteiger partial charge in [0.15, 0.2) is 0 Å². The molecule has 0 aliphatic carbocycles. The van der Waals surface area contributed by atoms with Gasteiger partial charge in [-0.3, -0.25) is 4.98 Å². The third kappa shape index (κ3) is 2.28. The lowest BCUT2D eigenvalue weighted by molar-refractivity contribution is 0.398. The van der Waals surface area contributed by atoms with Crippen molar-refractivity contribution in [3.8, 4) is 28.7 Å². The van der Waals surface area contributed by atoms with Crippen LogP contribution in [-0.2, 0) is 0 Å². The van der Waals surface area contributed by atoms with Crippen LogP contribution >= 0.6 is 0 Å². The van der Waals surface area contributed by atoms with Crippen LogP contribution in [0.25, 0.3) is 22.8 Å². The van der Waals surface area contributed by atoms with Gasteiger partial charge in [0.1, 0.15) is 0 Å². The van der Waals surface area contributed by atoms with E-state index in [-0.39, 0.29) is 0 Å². The molecule has 0 atom stereocenters. The average Bonchev–Trinajstić information content (AvgIpc) is 2.98. The fraction of sp³-hybridized carbons (Fsp3) is 0.0769. The van der Waals surface area contributed by atoms with E-state index in [1.54, 1.807) is 37.8 Å². The maximum absolute atomic E-state index is 5.22. The van der Waals surface area contributed by atoms with Gasteiger partial charge in [-0.25, -0.2) is 4.98 Å². The second kappa shape index (κ2) is 4.85. The summed E-state index contributed by atoms with van der Waals surface area (Å²) < 4.78 is 10.3. The first kappa shape index (κ1) is 11.3. The van der Waals surface area contributed by atoms with Crippen LogP contribution in [0, 0.1) is 0 Å². The van der Waals surface area contributed by atoms with Gasteiger partial charge in [-0.2, -0.15) is 4.98 Å². The van der Waals surface area contributed by atoms with E-state index in [1.807, 2.05) is 12.1 Å². The highest BCUT2D eigenvalue weighted by Gasteiger charge is 2.11. The Morgan fingerprint density at radius 2 is 2.11 bits per heavy atom. The Kier molecular flexibility index (Phi) is 2.89. The number of aromatic nitrogens is 4. The van der Waals surface area contributed by atoms with Gasteiger partial charge in [0.25, 0.3) is 5.89 Å². The van der Waals surface area contributed by atoms with E-state index in [9.17, 15) is 0 Å². The van der Waals surface area contributed by atoms with Gasteiger partial charge in [0.05, 0.1) is 12.7 Å². The molecule has 0 saturated heterocycles. The summed E-state index contributed by atoms with van der Waals surface area (Å²) in [5, 5.41) is 3.94. The second-order valence-electron chi connectivity index (χ2n) is 3.75. The summed E-state index contributed by atoms with van der Waals surface area (Å²) in [6, 6.07) is 7.21. The Morgan fingerprint density at radius 1 is 1.16 bits per heavy atom. The number of hydrogen-bond donors (Lipinski definition) is 0. The molecule has 0 saturated carbocycles. The number of hydrogen-bond acceptors (Lipinski definition) is 6.